The molecule has 0 saturated heterocycles. The first-order valence-electron chi connectivity index (χ1n) is 3.63. The van der Waals surface area contributed by atoms with Crippen LogP contribution < -0.4 is 5.73 Å². The van der Waals surface area contributed by atoms with E-state index in [0.717, 1.165) is 15.6 Å². The van der Waals surface area contributed by atoms with Crippen LogP contribution in [0.15, 0.2) is 35.1 Å². The smallest absolute Gasteiger partial charge is 0.0517 e. The lowest BCUT2D eigenvalue weighted by molar-refractivity contribution is 0.842. The van der Waals surface area contributed by atoms with E-state index in [0.29, 0.717) is 0 Å². The highest BCUT2D eigenvalue weighted by Crippen LogP contribution is 2.24. The maximum atomic E-state index is 5.88. The van der Waals surface area contributed by atoms with Gasteiger partial charge in [-0.25, -0.2) is 0 Å². The van der Waals surface area contributed by atoms with Gasteiger partial charge in [0.05, 0.1) is 6.04 Å². The number of nitrogens with zero attached hydrogens (tertiary/aromatic N) is 1. The molecular weight excluding hydrogens is 216 g/mol. The minimum absolute atomic E-state index is 0.109. The summed E-state index contributed by atoms with van der Waals surface area (Å²) >= 11 is 3.38. The summed E-state index contributed by atoms with van der Waals surface area (Å²) in [4.78, 5) is 3.95. The van der Waals surface area contributed by atoms with Gasteiger partial charge in [0.2, 0.25) is 0 Å². The molecule has 2 N–H and O–H groups in total. The minimum Gasteiger partial charge on any atom is -0.321 e. The summed E-state index contributed by atoms with van der Waals surface area (Å²) < 4.78 is 0.931. The van der Waals surface area contributed by atoms with Gasteiger partial charge in [0.1, 0.15) is 0 Å². The van der Waals surface area contributed by atoms with Crippen LogP contribution in [0.4, 0.5) is 0 Å². The van der Waals surface area contributed by atoms with Crippen LogP contribution in [0.3, 0.4) is 0 Å². The average molecular weight is 227 g/mol. The molecule has 0 radical (unpaired) electrons. The van der Waals surface area contributed by atoms with Crippen molar-refractivity contribution in [1.29, 1.82) is 0 Å². The van der Waals surface area contributed by atoms with Crippen LogP contribution in [-0.4, -0.2) is 4.98 Å². The number of aromatic nitrogens is 1. The van der Waals surface area contributed by atoms with Crippen molar-refractivity contribution in [1.82, 2.24) is 4.98 Å². The minimum atomic E-state index is -0.109. The molecule has 0 aliphatic heterocycles. The van der Waals surface area contributed by atoms with E-state index < -0.39 is 0 Å². The van der Waals surface area contributed by atoms with Crippen LogP contribution in [0, 0.1) is 0 Å². The van der Waals surface area contributed by atoms with Crippen molar-refractivity contribution < 1.29 is 0 Å². The lowest BCUT2D eigenvalue weighted by atomic mass is 10.0. The SMILES string of the molecule is C=C(C)C(N)c1ccncc1Br. The Morgan fingerprint density at radius 2 is 2.42 bits per heavy atom. The molecule has 0 aliphatic rings. The Hall–Kier alpha value is -0.670. The van der Waals surface area contributed by atoms with Gasteiger partial charge in [0.25, 0.3) is 0 Å². The Kier molecular flexibility index (Phi) is 3.00. The molecule has 64 valence electrons. The Bertz CT molecular complexity index is 296. The fourth-order valence-electron chi connectivity index (χ4n) is 0.904. The third-order valence-electron chi connectivity index (χ3n) is 1.67. The molecule has 0 aliphatic carbocycles. The van der Waals surface area contributed by atoms with E-state index in [9.17, 15) is 0 Å². The Labute approximate surface area is 80.6 Å². The van der Waals surface area contributed by atoms with Crippen molar-refractivity contribution in [2.24, 2.45) is 5.73 Å². The first kappa shape index (κ1) is 9.42. The van der Waals surface area contributed by atoms with Gasteiger partial charge in [-0.2, -0.15) is 0 Å². The van der Waals surface area contributed by atoms with Crippen LogP contribution in [0.1, 0.15) is 18.5 Å². The van der Waals surface area contributed by atoms with Crippen molar-refractivity contribution in [3.05, 3.63) is 40.6 Å². The predicted octanol–water partition coefficient (Wildman–Crippen LogP) is 2.42. The maximum Gasteiger partial charge on any atom is 0.0517 e. The Morgan fingerprint density at radius 3 is 2.92 bits per heavy atom. The molecule has 1 rings (SSSR count). The highest BCUT2D eigenvalue weighted by molar-refractivity contribution is 9.10. The number of rotatable bonds is 2. The third-order valence-corrected chi connectivity index (χ3v) is 2.33. The molecule has 2 nitrogen and oxygen atoms in total. The van der Waals surface area contributed by atoms with Crippen molar-refractivity contribution in [3.63, 3.8) is 0 Å². The second-order valence-electron chi connectivity index (χ2n) is 2.72. The molecule has 3 heteroatoms. The van der Waals surface area contributed by atoms with Crippen LogP contribution in [0.2, 0.25) is 0 Å². The molecule has 0 fully saturated rings. The van der Waals surface area contributed by atoms with Crippen molar-refractivity contribution in [3.8, 4) is 0 Å². The number of hydrogen-bond donors (Lipinski definition) is 1. The van der Waals surface area contributed by atoms with Gasteiger partial charge < -0.3 is 5.73 Å². The summed E-state index contributed by atoms with van der Waals surface area (Å²) in [7, 11) is 0. The molecule has 12 heavy (non-hydrogen) atoms. The van der Waals surface area contributed by atoms with E-state index in [1.807, 2.05) is 13.0 Å². The van der Waals surface area contributed by atoms with E-state index >= 15 is 0 Å². The highest BCUT2D eigenvalue weighted by atomic mass is 79.9. The lowest BCUT2D eigenvalue weighted by Gasteiger charge is -2.12. The van der Waals surface area contributed by atoms with Gasteiger partial charge in [-0.1, -0.05) is 12.2 Å². The summed E-state index contributed by atoms with van der Waals surface area (Å²) in [5.41, 5.74) is 7.85. The molecule has 0 spiro atoms. The number of hydrogen-bond acceptors (Lipinski definition) is 2. The zero-order valence-corrected chi connectivity index (χ0v) is 8.51. The topological polar surface area (TPSA) is 38.9 Å². The van der Waals surface area contributed by atoms with E-state index in [4.69, 9.17) is 5.73 Å². The van der Waals surface area contributed by atoms with Crippen molar-refractivity contribution >= 4 is 15.9 Å². The molecule has 1 aromatic heterocycles. The van der Waals surface area contributed by atoms with E-state index in [1.54, 1.807) is 12.4 Å². The van der Waals surface area contributed by atoms with Gasteiger partial charge in [-0.05, 0) is 34.5 Å². The van der Waals surface area contributed by atoms with Crippen LogP contribution in [0.25, 0.3) is 0 Å². The van der Waals surface area contributed by atoms with Crippen LogP contribution in [0.5, 0.6) is 0 Å². The number of pyridine rings is 1. The molecule has 1 heterocycles. The molecule has 0 amide bonds. The van der Waals surface area contributed by atoms with Gasteiger partial charge in [-0.3, -0.25) is 4.98 Å². The first-order chi connectivity index (χ1) is 5.63. The largest absolute Gasteiger partial charge is 0.321 e. The van der Waals surface area contributed by atoms with Gasteiger partial charge in [0, 0.05) is 16.9 Å². The van der Waals surface area contributed by atoms with Gasteiger partial charge in [-0.15, -0.1) is 0 Å². The summed E-state index contributed by atoms with van der Waals surface area (Å²) in [5, 5.41) is 0. The van der Waals surface area contributed by atoms with Crippen molar-refractivity contribution in [2.45, 2.75) is 13.0 Å². The number of halogens is 1. The van der Waals surface area contributed by atoms with E-state index in [2.05, 4.69) is 27.5 Å². The first-order valence-corrected chi connectivity index (χ1v) is 4.42. The zero-order chi connectivity index (χ0) is 9.14. The van der Waals surface area contributed by atoms with Gasteiger partial charge in [0.15, 0.2) is 0 Å². The highest BCUT2D eigenvalue weighted by Gasteiger charge is 2.08. The molecule has 0 saturated carbocycles. The summed E-state index contributed by atoms with van der Waals surface area (Å²) in [6.07, 6.45) is 3.46. The molecule has 1 atom stereocenters. The van der Waals surface area contributed by atoms with E-state index in [-0.39, 0.29) is 6.04 Å². The monoisotopic (exact) mass is 226 g/mol. The third kappa shape index (κ3) is 1.93. The molecular formula is C9H11BrN2. The second kappa shape index (κ2) is 3.83. The maximum absolute atomic E-state index is 5.88. The van der Waals surface area contributed by atoms with E-state index in [1.165, 1.54) is 0 Å². The molecule has 1 unspecified atom stereocenters. The zero-order valence-electron chi connectivity index (χ0n) is 6.92. The fourth-order valence-corrected chi connectivity index (χ4v) is 1.40. The molecule has 0 bridgehead atoms. The molecule has 0 aromatic carbocycles. The Balaban J connectivity index is 3.02. The standard InChI is InChI=1S/C9H11BrN2/c1-6(2)9(11)7-3-4-12-5-8(7)10/h3-5,9H,1,11H2,2H3. The quantitative estimate of drug-likeness (QED) is 0.788. The van der Waals surface area contributed by atoms with Gasteiger partial charge >= 0.3 is 0 Å². The Morgan fingerprint density at radius 1 is 1.75 bits per heavy atom. The number of nitrogens with two attached hydrogens (primary N) is 1. The second-order valence-corrected chi connectivity index (χ2v) is 3.58. The van der Waals surface area contributed by atoms with Crippen molar-refractivity contribution in [2.75, 3.05) is 0 Å². The normalized spacial score (nSPS) is 12.6. The summed E-state index contributed by atoms with van der Waals surface area (Å²) in [5.74, 6) is 0. The predicted molar refractivity (Wildman–Crippen MR) is 53.7 cm³/mol. The lowest BCUT2D eigenvalue weighted by Crippen LogP contribution is -2.11. The summed E-state index contributed by atoms with van der Waals surface area (Å²) in [6, 6.07) is 1.78. The van der Waals surface area contributed by atoms with Crippen LogP contribution >= 0.6 is 15.9 Å². The average Bonchev–Trinajstić information content (AvgIpc) is 2.04. The fraction of sp³-hybridized carbons (Fsp3) is 0.222. The molecule has 1 aromatic rings. The summed E-state index contributed by atoms with van der Waals surface area (Å²) in [6.45, 7) is 5.72. The van der Waals surface area contributed by atoms with Crippen LogP contribution in [-0.2, 0) is 0 Å².